The summed E-state index contributed by atoms with van der Waals surface area (Å²) < 4.78 is 42.2. The van der Waals surface area contributed by atoms with E-state index in [1.165, 1.54) is 29.7 Å². The fraction of sp³-hybridized carbons (Fsp3) is 0.105. The molecule has 31 heavy (non-hydrogen) atoms. The van der Waals surface area contributed by atoms with Gasteiger partial charge < -0.3 is 10.6 Å². The molecule has 0 fully saturated rings. The molecule has 0 aliphatic carbocycles. The van der Waals surface area contributed by atoms with Crippen LogP contribution in [0.2, 0.25) is 0 Å². The predicted octanol–water partition coefficient (Wildman–Crippen LogP) is 2.92. The summed E-state index contributed by atoms with van der Waals surface area (Å²) in [4.78, 5) is 20.1. The van der Waals surface area contributed by atoms with Crippen LogP contribution in [0.4, 0.5) is 24.5 Å². The summed E-state index contributed by atoms with van der Waals surface area (Å²) in [5, 5.41) is 13.4. The summed E-state index contributed by atoms with van der Waals surface area (Å²) in [6.07, 6.45) is 0.987. The molecule has 2 aromatic carbocycles. The molecule has 2 N–H and O–H groups in total. The fourth-order valence-electron chi connectivity index (χ4n) is 2.80. The molecule has 2 heterocycles. The fourth-order valence-corrected chi connectivity index (χ4v) is 2.80. The first-order valence-electron chi connectivity index (χ1n) is 8.95. The molecule has 0 unspecified atom stereocenters. The van der Waals surface area contributed by atoms with E-state index in [0.29, 0.717) is 5.69 Å². The van der Waals surface area contributed by atoms with Gasteiger partial charge in [-0.1, -0.05) is 0 Å². The number of amides is 1. The Kier molecular flexibility index (Phi) is 5.35. The van der Waals surface area contributed by atoms with Crippen LogP contribution in [0.3, 0.4) is 0 Å². The lowest BCUT2D eigenvalue weighted by Crippen LogP contribution is -2.23. The zero-order valence-electron chi connectivity index (χ0n) is 15.8. The molecule has 9 nitrogen and oxygen atoms in total. The number of nitrogens with zero attached hydrogens (tertiary/aromatic N) is 6. The monoisotopic (exact) mass is 428 g/mol. The number of nitrogens with one attached hydrogen (secondary N) is 2. The predicted molar refractivity (Wildman–Crippen MR) is 105 cm³/mol. The second-order valence-electron chi connectivity index (χ2n) is 6.36. The van der Waals surface area contributed by atoms with Gasteiger partial charge in [0.05, 0.1) is 29.2 Å². The van der Waals surface area contributed by atoms with Crippen LogP contribution < -0.4 is 10.6 Å². The highest BCUT2D eigenvalue weighted by atomic mass is 19.4. The molecule has 4 rings (SSSR count). The summed E-state index contributed by atoms with van der Waals surface area (Å²) in [7, 11) is 0. The van der Waals surface area contributed by atoms with Gasteiger partial charge in [0.2, 0.25) is 5.91 Å². The number of alkyl halides is 3. The van der Waals surface area contributed by atoms with E-state index in [-0.39, 0.29) is 17.9 Å². The zero-order chi connectivity index (χ0) is 21.8. The third-order valence-corrected chi connectivity index (χ3v) is 4.27. The van der Waals surface area contributed by atoms with Crippen molar-refractivity contribution in [2.24, 2.45) is 0 Å². The molecule has 12 heteroatoms. The average molecular weight is 428 g/mol. The molecule has 0 saturated heterocycles. The maximum atomic E-state index is 13.1. The van der Waals surface area contributed by atoms with Crippen LogP contribution in [-0.4, -0.2) is 42.0 Å². The molecule has 158 valence electrons. The van der Waals surface area contributed by atoms with Gasteiger partial charge in [-0.2, -0.15) is 23.4 Å². The van der Waals surface area contributed by atoms with E-state index < -0.39 is 17.6 Å². The van der Waals surface area contributed by atoms with Crippen molar-refractivity contribution in [3.8, 4) is 11.4 Å². The van der Waals surface area contributed by atoms with Crippen LogP contribution in [0.1, 0.15) is 5.56 Å². The van der Waals surface area contributed by atoms with Crippen LogP contribution in [-0.2, 0) is 11.0 Å². The van der Waals surface area contributed by atoms with Gasteiger partial charge in [0.1, 0.15) is 25.3 Å². The number of aromatic nitrogens is 6. The van der Waals surface area contributed by atoms with E-state index in [0.717, 1.165) is 17.8 Å². The number of hydrogen-bond donors (Lipinski definition) is 2. The Morgan fingerprint density at radius 2 is 1.61 bits per heavy atom. The third kappa shape index (κ3) is 4.69. The topological polar surface area (TPSA) is 103 Å². The van der Waals surface area contributed by atoms with Crippen molar-refractivity contribution in [3.05, 3.63) is 73.3 Å². The second-order valence-corrected chi connectivity index (χ2v) is 6.36. The van der Waals surface area contributed by atoms with Crippen molar-refractivity contribution in [1.29, 1.82) is 0 Å². The Bertz CT molecular complexity index is 1160. The lowest BCUT2D eigenvalue weighted by Gasteiger charge is -2.15. The molecule has 4 aromatic rings. The summed E-state index contributed by atoms with van der Waals surface area (Å²) in [5.41, 5.74) is 0.779. The number of anilines is 2. The molecule has 0 radical (unpaired) electrons. The molecule has 0 atom stereocenters. The lowest BCUT2D eigenvalue weighted by molar-refractivity contribution is -0.137. The Hall–Kier alpha value is -4.22. The number of carbonyl (C=O) groups is 1. The highest BCUT2D eigenvalue weighted by molar-refractivity contribution is 5.95. The van der Waals surface area contributed by atoms with Gasteiger partial charge in [-0.15, -0.1) is 0 Å². The van der Waals surface area contributed by atoms with Crippen molar-refractivity contribution in [2.75, 3.05) is 17.2 Å². The number of hydrogen-bond acceptors (Lipinski definition) is 6. The van der Waals surface area contributed by atoms with E-state index >= 15 is 0 Å². The number of carbonyl (C=O) groups excluding carboxylic acids is 1. The normalized spacial score (nSPS) is 11.3. The smallest absolute Gasteiger partial charge is 0.376 e. The lowest BCUT2D eigenvalue weighted by atomic mass is 10.1. The minimum atomic E-state index is -4.55. The Morgan fingerprint density at radius 3 is 2.23 bits per heavy atom. The van der Waals surface area contributed by atoms with Gasteiger partial charge in [0.15, 0.2) is 0 Å². The third-order valence-electron chi connectivity index (χ3n) is 4.27. The minimum Gasteiger partial charge on any atom is -0.376 e. The van der Waals surface area contributed by atoms with Crippen LogP contribution in [0.25, 0.3) is 11.4 Å². The number of benzene rings is 2. The largest absolute Gasteiger partial charge is 0.416 e. The van der Waals surface area contributed by atoms with Crippen molar-refractivity contribution < 1.29 is 18.0 Å². The SMILES string of the molecule is O=C(CNc1ccc(-n2cncn2)cc1)Nc1cc(C(F)(F)F)ccc1-n1cncn1. The van der Waals surface area contributed by atoms with E-state index in [2.05, 4.69) is 30.8 Å². The van der Waals surface area contributed by atoms with Crippen molar-refractivity contribution in [1.82, 2.24) is 29.5 Å². The van der Waals surface area contributed by atoms with E-state index in [1.807, 2.05) is 0 Å². The van der Waals surface area contributed by atoms with E-state index in [1.54, 1.807) is 35.3 Å². The van der Waals surface area contributed by atoms with Gasteiger partial charge in [-0.25, -0.2) is 19.3 Å². The maximum absolute atomic E-state index is 13.1. The van der Waals surface area contributed by atoms with Crippen LogP contribution in [0, 0.1) is 0 Å². The van der Waals surface area contributed by atoms with Crippen LogP contribution in [0.15, 0.2) is 67.8 Å². The van der Waals surface area contributed by atoms with Crippen molar-refractivity contribution in [2.45, 2.75) is 6.18 Å². The molecular weight excluding hydrogens is 413 g/mol. The first-order chi connectivity index (χ1) is 14.9. The van der Waals surface area contributed by atoms with Gasteiger partial charge in [-0.3, -0.25) is 4.79 Å². The van der Waals surface area contributed by atoms with Gasteiger partial charge >= 0.3 is 6.18 Å². The van der Waals surface area contributed by atoms with Gasteiger partial charge in [0.25, 0.3) is 0 Å². The summed E-state index contributed by atoms with van der Waals surface area (Å²) in [5.74, 6) is -0.527. The van der Waals surface area contributed by atoms with E-state index in [4.69, 9.17) is 0 Å². The number of halogens is 3. The standard InChI is InChI=1S/C19H15F3N8O/c20-19(21,22)13-1-6-17(30-12-24-10-27-30)16(7-13)28-18(31)8-25-14-2-4-15(5-3-14)29-11-23-9-26-29/h1-7,9-12,25H,8H2,(H,28,31). The highest BCUT2D eigenvalue weighted by Gasteiger charge is 2.31. The second kappa shape index (κ2) is 8.26. The minimum absolute atomic E-state index is 0.0337. The quantitative estimate of drug-likeness (QED) is 0.490. The Balaban J connectivity index is 1.46. The zero-order valence-corrected chi connectivity index (χ0v) is 15.8. The number of rotatable bonds is 6. The Labute approximate surface area is 173 Å². The molecule has 0 aliphatic heterocycles. The molecule has 0 bridgehead atoms. The highest BCUT2D eigenvalue weighted by Crippen LogP contribution is 2.33. The molecule has 0 aliphatic rings. The van der Waals surface area contributed by atoms with Gasteiger partial charge in [0, 0.05) is 5.69 Å². The summed E-state index contributed by atoms with van der Waals surface area (Å²) in [6.45, 7) is -0.157. The van der Waals surface area contributed by atoms with Crippen LogP contribution in [0.5, 0.6) is 0 Å². The summed E-state index contributed by atoms with van der Waals surface area (Å²) in [6, 6.07) is 10.1. The molecular formula is C19H15F3N8O. The molecule has 2 aromatic heterocycles. The molecule has 0 spiro atoms. The van der Waals surface area contributed by atoms with E-state index in [9.17, 15) is 18.0 Å². The van der Waals surface area contributed by atoms with Crippen LogP contribution >= 0.6 is 0 Å². The molecule has 0 saturated carbocycles. The Morgan fingerprint density at radius 1 is 0.935 bits per heavy atom. The summed E-state index contributed by atoms with van der Waals surface area (Å²) >= 11 is 0. The first-order valence-corrected chi connectivity index (χ1v) is 8.95. The average Bonchev–Trinajstić information content (AvgIpc) is 3.46. The first kappa shape index (κ1) is 20.1. The van der Waals surface area contributed by atoms with Gasteiger partial charge in [-0.05, 0) is 42.5 Å². The van der Waals surface area contributed by atoms with Crippen molar-refractivity contribution in [3.63, 3.8) is 0 Å². The maximum Gasteiger partial charge on any atom is 0.416 e. The molecule has 1 amide bonds. The van der Waals surface area contributed by atoms with Crippen molar-refractivity contribution >= 4 is 17.3 Å².